The maximum absolute atomic E-state index is 12.7. The molecule has 0 spiro atoms. The van der Waals surface area contributed by atoms with Crippen molar-refractivity contribution < 1.29 is 4.79 Å². The molecule has 8 heteroatoms. The van der Waals surface area contributed by atoms with E-state index in [9.17, 15) is 9.59 Å². The van der Waals surface area contributed by atoms with E-state index in [-0.39, 0.29) is 11.5 Å². The Bertz CT molecular complexity index is 1220. The van der Waals surface area contributed by atoms with Crippen molar-refractivity contribution in [3.05, 3.63) is 76.0 Å². The topological polar surface area (TPSA) is 76.9 Å². The second kappa shape index (κ2) is 7.53. The second-order valence-corrected chi connectivity index (χ2v) is 7.63. The Hall–Kier alpha value is -3.03. The molecule has 0 aliphatic carbocycles. The van der Waals surface area contributed by atoms with Gasteiger partial charge in [-0.05, 0) is 31.2 Å². The third kappa shape index (κ3) is 3.67. The first-order valence-corrected chi connectivity index (χ1v) is 9.73. The standard InChI is InChI=1S/C20H15ClN4O2S/c1-12(19(27)23-20-22-16-8-7-14(21)11-17(16)28-20)25-18(26)10-9-15(24-25)13-5-3-2-4-6-13/h2-12H,1H3,(H,22,23,27). The number of nitrogens with one attached hydrogen (secondary N) is 1. The summed E-state index contributed by atoms with van der Waals surface area (Å²) >= 11 is 7.31. The number of anilines is 1. The molecule has 0 saturated heterocycles. The molecular formula is C20H15ClN4O2S. The van der Waals surface area contributed by atoms with E-state index < -0.39 is 6.04 Å². The molecule has 4 rings (SSSR count). The number of thiazole rings is 1. The Morgan fingerprint density at radius 3 is 2.71 bits per heavy atom. The van der Waals surface area contributed by atoms with Crippen molar-refractivity contribution in [2.24, 2.45) is 0 Å². The smallest absolute Gasteiger partial charge is 0.267 e. The lowest BCUT2D eigenvalue weighted by atomic mass is 10.1. The van der Waals surface area contributed by atoms with E-state index in [0.717, 1.165) is 15.8 Å². The summed E-state index contributed by atoms with van der Waals surface area (Å²) in [5, 5.41) is 8.18. The fourth-order valence-corrected chi connectivity index (χ4v) is 3.88. The third-order valence-corrected chi connectivity index (χ3v) is 5.39. The average Bonchev–Trinajstić information content (AvgIpc) is 3.09. The van der Waals surface area contributed by atoms with Gasteiger partial charge in [0, 0.05) is 16.7 Å². The summed E-state index contributed by atoms with van der Waals surface area (Å²) in [6.45, 7) is 1.63. The molecule has 0 bridgehead atoms. The van der Waals surface area contributed by atoms with E-state index in [1.54, 1.807) is 31.2 Å². The lowest BCUT2D eigenvalue weighted by molar-refractivity contribution is -0.119. The van der Waals surface area contributed by atoms with Crippen LogP contribution < -0.4 is 10.9 Å². The van der Waals surface area contributed by atoms with Gasteiger partial charge in [-0.25, -0.2) is 9.67 Å². The first kappa shape index (κ1) is 18.3. The normalized spacial score (nSPS) is 12.1. The second-order valence-electron chi connectivity index (χ2n) is 6.16. The molecule has 0 fully saturated rings. The summed E-state index contributed by atoms with van der Waals surface area (Å²) in [6.07, 6.45) is 0. The first-order valence-electron chi connectivity index (χ1n) is 8.53. The van der Waals surface area contributed by atoms with Crippen molar-refractivity contribution in [2.45, 2.75) is 13.0 Å². The fourth-order valence-electron chi connectivity index (χ4n) is 2.74. The zero-order valence-electron chi connectivity index (χ0n) is 14.8. The monoisotopic (exact) mass is 410 g/mol. The number of hydrogen-bond acceptors (Lipinski definition) is 5. The summed E-state index contributed by atoms with van der Waals surface area (Å²) in [5.41, 5.74) is 1.89. The van der Waals surface area contributed by atoms with Crippen LogP contribution in [0, 0.1) is 0 Å². The number of fused-ring (bicyclic) bond motifs is 1. The molecular weight excluding hydrogens is 396 g/mol. The molecule has 0 aliphatic rings. The van der Waals surface area contributed by atoms with Crippen molar-refractivity contribution >= 4 is 44.2 Å². The molecule has 1 amide bonds. The number of amides is 1. The van der Waals surface area contributed by atoms with Gasteiger partial charge in [0.15, 0.2) is 5.13 Å². The van der Waals surface area contributed by atoms with Crippen LogP contribution in [0.5, 0.6) is 0 Å². The lowest BCUT2D eigenvalue weighted by Gasteiger charge is -2.14. The van der Waals surface area contributed by atoms with Crippen molar-refractivity contribution in [1.29, 1.82) is 0 Å². The Kier molecular flexibility index (Phi) is 4.93. The van der Waals surface area contributed by atoms with Crippen molar-refractivity contribution in [3.63, 3.8) is 0 Å². The minimum atomic E-state index is -0.799. The van der Waals surface area contributed by atoms with E-state index in [2.05, 4.69) is 15.4 Å². The molecule has 4 aromatic rings. The number of carbonyl (C=O) groups is 1. The SMILES string of the molecule is CC(C(=O)Nc1nc2ccc(Cl)cc2s1)n1nc(-c2ccccc2)ccc1=O. The fraction of sp³-hybridized carbons (Fsp3) is 0.100. The predicted molar refractivity (Wildman–Crippen MR) is 112 cm³/mol. The van der Waals surface area contributed by atoms with Crippen LogP contribution in [0.3, 0.4) is 0 Å². The van der Waals surface area contributed by atoms with Crippen LogP contribution in [-0.4, -0.2) is 20.7 Å². The van der Waals surface area contributed by atoms with Gasteiger partial charge < -0.3 is 5.32 Å². The van der Waals surface area contributed by atoms with Gasteiger partial charge in [-0.2, -0.15) is 5.10 Å². The molecule has 1 atom stereocenters. The number of aromatic nitrogens is 3. The number of halogens is 1. The third-order valence-electron chi connectivity index (χ3n) is 4.22. The molecule has 28 heavy (non-hydrogen) atoms. The highest BCUT2D eigenvalue weighted by Gasteiger charge is 2.19. The molecule has 1 N–H and O–H groups in total. The minimum absolute atomic E-state index is 0.349. The largest absolute Gasteiger partial charge is 0.300 e. The number of rotatable bonds is 4. The molecule has 0 aliphatic heterocycles. The zero-order chi connectivity index (χ0) is 19.7. The maximum atomic E-state index is 12.7. The predicted octanol–water partition coefficient (Wildman–Crippen LogP) is 4.37. The Morgan fingerprint density at radius 1 is 1.14 bits per heavy atom. The van der Waals surface area contributed by atoms with E-state index in [1.807, 2.05) is 30.3 Å². The van der Waals surface area contributed by atoms with Crippen LogP contribution >= 0.6 is 22.9 Å². The highest BCUT2D eigenvalue weighted by molar-refractivity contribution is 7.22. The summed E-state index contributed by atoms with van der Waals surface area (Å²) in [7, 11) is 0. The highest BCUT2D eigenvalue weighted by atomic mass is 35.5. The Balaban J connectivity index is 1.60. The summed E-state index contributed by atoms with van der Waals surface area (Å²) in [5.74, 6) is -0.370. The van der Waals surface area contributed by atoms with Crippen molar-refractivity contribution in [3.8, 4) is 11.3 Å². The minimum Gasteiger partial charge on any atom is -0.300 e. The Morgan fingerprint density at radius 2 is 1.93 bits per heavy atom. The number of carbonyl (C=O) groups excluding carboxylic acids is 1. The molecule has 2 aromatic heterocycles. The number of nitrogens with zero attached hydrogens (tertiary/aromatic N) is 3. The summed E-state index contributed by atoms with van der Waals surface area (Å²) < 4.78 is 2.05. The average molecular weight is 411 g/mol. The molecule has 6 nitrogen and oxygen atoms in total. The van der Waals surface area contributed by atoms with Crippen LogP contribution in [0.1, 0.15) is 13.0 Å². The zero-order valence-corrected chi connectivity index (χ0v) is 16.4. The van der Waals surface area contributed by atoms with Crippen LogP contribution in [0.15, 0.2) is 65.5 Å². The lowest BCUT2D eigenvalue weighted by Crippen LogP contribution is -2.33. The molecule has 0 radical (unpaired) electrons. The van der Waals surface area contributed by atoms with E-state index in [4.69, 9.17) is 11.6 Å². The van der Waals surface area contributed by atoms with E-state index >= 15 is 0 Å². The van der Waals surface area contributed by atoms with Crippen LogP contribution in [0.4, 0.5) is 5.13 Å². The molecule has 140 valence electrons. The van der Waals surface area contributed by atoms with Gasteiger partial charge in [0.25, 0.3) is 11.5 Å². The van der Waals surface area contributed by atoms with Gasteiger partial charge >= 0.3 is 0 Å². The highest BCUT2D eigenvalue weighted by Crippen LogP contribution is 2.28. The molecule has 0 saturated carbocycles. The first-order chi connectivity index (χ1) is 13.5. The Labute approximate surface area is 169 Å². The molecule has 2 aromatic carbocycles. The number of benzene rings is 2. The van der Waals surface area contributed by atoms with Gasteiger partial charge in [0.1, 0.15) is 6.04 Å². The van der Waals surface area contributed by atoms with Gasteiger partial charge in [0.2, 0.25) is 0 Å². The van der Waals surface area contributed by atoms with Gasteiger partial charge in [-0.3, -0.25) is 9.59 Å². The van der Waals surface area contributed by atoms with E-state index in [0.29, 0.717) is 15.8 Å². The van der Waals surface area contributed by atoms with Gasteiger partial charge in [-0.15, -0.1) is 0 Å². The quantitative estimate of drug-likeness (QED) is 0.541. The molecule has 1 unspecified atom stereocenters. The maximum Gasteiger partial charge on any atom is 0.267 e. The summed E-state index contributed by atoms with van der Waals surface area (Å²) in [4.78, 5) is 29.3. The number of hydrogen-bond donors (Lipinski definition) is 1. The van der Waals surface area contributed by atoms with Crippen LogP contribution in [0.25, 0.3) is 21.5 Å². The summed E-state index contributed by atoms with van der Waals surface area (Å²) in [6, 6.07) is 17.1. The van der Waals surface area contributed by atoms with Crippen LogP contribution in [-0.2, 0) is 4.79 Å². The van der Waals surface area contributed by atoms with Crippen molar-refractivity contribution in [2.75, 3.05) is 5.32 Å². The van der Waals surface area contributed by atoms with E-state index in [1.165, 1.54) is 22.1 Å². The van der Waals surface area contributed by atoms with Gasteiger partial charge in [-0.1, -0.05) is 53.3 Å². The molecule has 2 heterocycles. The van der Waals surface area contributed by atoms with Crippen LogP contribution in [0.2, 0.25) is 5.02 Å². The van der Waals surface area contributed by atoms with Crippen molar-refractivity contribution in [1.82, 2.24) is 14.8 Å². The van der Waals surface area contributed by atoms with Gasteiger partial charge in [0.05, 0.1) is 15.9 Å².